The number of nitrogens with zero attached hydrogens (tertiary/aromatic N) is 5. The van der Waals surface area contributed by atoms with Crippen LogP contribution in [0.4, 0.5) is 11.4 Å². The van der Waals surface area contributed by atoms with E-state index < -0.39 is 6.04 Å². The highest BCUT2D eigenvalue weighted by Gasteiger charge is 2.30. The summed E-state index contributed by atoms with van der Waals surface area (Å²) in [5, 5.41) is 12.9. The van der Waals surface area contributed by atoms with Gasteiger partial charge < -0.3 is 0 Å². The van der Waals surface area contributed by atoms with Crippen LogP contribution in [0.15, 0.2) is 72.8 Å². The molecule has 6 heteroatoms. The molecule has 1 atom stereocenters. The van der Waals surface area contributed by atoms with Crippen molar-refractivity contribution in [2.75, 3.05) is 4.90 Å². The summed E-state index contributed by atoms with van der Waals surface area (Å²) in [6.07, 6.45) is 1.79. The number of benzene rings is 3. The third kappa shape index (κ3) is 3.50. The minimum Gasteiger partial charge on any atom is -0.279 e. The number of para-hydroxylation sites is 2. The van der Waals surface area contributed by atoms with Gasteiger partial charge in [-0.3, -0.25) is 9.69 Å². The van der Waals surface area contributed by atoms with Gasteiger partial charge in [0.25, 0.3) is 5.91 Å². The molecule has 6 nitrogen and oxygen atoms in total. The molecule has 0 N–H and O–H groups in total. The fourth-order valence-corrected chi connectivity index (χ4v) is 4.01. The third-order valence-electron chi connectivity index (χ3n) is 5.79. The Morgan fingerprint density at radius 3 is 2.06 bits per heavy atom. The normalized spacial score (nSPS) is 13.8. The van der Waals surface area contributed by atoms with Crippen molar-refractivity contribution in [3.05, 3.63) is 89.5 Å². The van der Waals surface area contributed by atoms with Gasteiger partial charge in [0.15, 0.2) is 0 Å². The lowest BCUT2D eigenvalue weighted by molar-refractivity contribution is -0.121. The second kappa shape index (κ2) is 7.80. The summed E-state index contributed by atoms with van der Waals surface area (Å²) in [5.74, 6) is 0.422. The number of carbonyl (C=O) groups is 1. The van der Waals surface area contributed by atoms with Crippen molar-refractivity contribution in [3.8, 4) is 11.4 Å². The molecule has 154 valence electrons. The molecular formula is C25H23N5O. The van der Waals surface area contributed by atoms with Crippen LogP contribution in [0.3, 0.4) is 0 Å². The van der Waals surface area contributed by atoms with Gasteiger partial charge >= 0.3 is 0 Å². The molecule has 1 aromatic heterocycles. The van der Waals surface area contributed by atoms with Crippen LogP contribution < -0.4 is 4.90 Å². The molecule has 3 aromatic carbocycles. The minimum atomic E-state index is -0.606. The van der Waals surface area contributed by atoms with Gasteiger partial charge in [0.05, 0.1) is 11.4 Å². The number of hydrogen-bond donors (Lipinski definition) is 0. The molecular weight excluding hydrogens is 386 g/mol. The minimum absolute atomic E-state index is 0.0883. The van der Waals surface area contributed by atoms with Crippen molar-refractivity contribution in [1.82, 2.24) is 20.2 Å². The van der Waals surface area contributed by atoms with Crippen LogP contribution in [0.1, 0.15) is 29.7 Å². The lowest BCUT2D eigenvalue weighted by Gasteiger charge is -2.27. The van der Waals surface area contributed by atoms with Gasteiger partial charge in [0, 0.05) is 5.56 Å². The summed E-state index contributed by atoms with van der Waals surface area (Å²) < 4.78 is 0. The van der Waals surface area contributed by atoms with Crippen LogP contribution in [0.5, 0.6) is 0 Å². The average molecular weight is 409 g/mol. The van der Waals surface area contributed by atoms with Gasteiger partial charge in [-0.05, 0) is 55.2 Å². The van der Waals surface area contributed by atoms with Crippen molar-refractivity contribution in [1.29, 1.82) is 0 Å². The van der Waals surface area contributed by atoms with Gasteiger partial charge in [-0.15, -0.1) is 10.2 Å². The summed E-state index contributed by atoms with van der Waals surface area (Å²) in [6.45, 7) is 3.85. The largest absolute Gasteiger partial charge is 0.279 e. The molecule has 0 saturated carbocycles. The first-order valence-corrected chi connectivity index (χ1v) is 10.5. The molecule has 0 aliphatic carbocycles. The Balaban J connectivity index is 1.52. The number of fused-ring (bicyclic) bond motifs is 2. The van der Waals surface area contributed by atoms with E-state index in [9.17, 15) is 4.79 Å². The van der Waals surface area contributed by atoms with Gasteiger partial charge in [0.2, 0.25) is 5.82 Å². The second-order valence-electron chi connectivity index (χ2n) is 7.91. The average Bonchev–Trinajstić information content (AvgIpc) is 3.23. The summed E-state index contributed by atoms with van der Waals surface area (Å²) >= 11 is 0. The van der Waals surface area contributed by atoms with Gasteiger partial charge in [-0.1, -0.05) is 66.2 Å². The van der Waals surface area contributed by atoms with E-state index in [1.807, 2.05) is 79.4 Å². The van der Waals surface area contributed by atoms with E-state index in [2.05, 4.69) is 27.5 Å². The van der Waals surface area contributed by atoms with Crippen molar-refractivity contribution in [3.63, 3.8) is 0 Å². The fourth-order valence-electron chi connectivity index (χ4n) is 4.01. The highest BCUT2D eigenvalue weighted by atomic mass is 16.2. The van der Waals surface area contributed by atoms with Gasteiger partial charge in [0.1, 0.15) is 6.04 Å². The van der Waals surface area contributed by atoms with E-state index >= 15 is 0 Å². The summed E-state index contributed by atoms with van der Waals surface area (Å²) in [7, 11) is 0. The first-order valence-electron chi connectivity index (χ1n) is 10.5. The monoisotopic (exact) mass is 409 g/mol. The maximum Gasteiger partial charge on any atom is 0.258 e. The first-order chi connectivity index (χ1) is 15.1. The second-order valence-corrected chi connectivity index (χ2v) is 7.91. The van der Waals surface area contributed by atoms with Crippen molar-refractivity contribution >= 4 is 17.3 Å². The summed E-state index contributed by atoms with van der Waals surface area (Å²) in [6, 6.07) is 23.5. The van der Waals surface area contributed by atoms with Crippen molar-refractivity contribution in [2.24, 2.45) is 0 Å². The SMILES string of the molecule is Cc1ccc(-c2nnn([C@@H](C)C(=O)N3c4ccccc4CCc4ccccc43)n2)cc1. The van der Waals surface area contributed by atoms with E-state index in [4.69, 9.17) is 0 Å². The molecule has 4 aromatic rings. The topological polar surface area (TPSA) is 63.9 Å². The lowest BCUT2D eigenvalue weighted by atomic mass is 10.0. The predicted octanol–water partition coefficient (Wildman–Crippen LogP) is 4.67. The molecule has 0 bridgehead atoms. The highest BCUT2D eigenvalue weighted by Crippen LogP contribution is 2.37. The zero-order valence-corrected chi connectivity index (χ0v) is 17.6. The van der Waals surface area contributed by atoms with Crippen molar-refractivity contribution < 1.29 is 4.79 Å². The number of anilines is 2. The molecule has 1 amide bonds. The molecule has 0 spiro atoms. The van der Waals surface area contributed by atoms with Crippen LogP contribution in [-0.4, -0.2) is 26.1 Å². The Kier molecular flexibility index (Phi) is 4.82. The molecule has 5 rings (SSSR count). The van der Waals surface area contributed by atoms with Crippen LogP contribution in [0.25, 0.3) is 11.4 Å². The van der Waals surface area contributed by atoms with Crippen molar-refractivity contribution in [2.45, 2.75) is 32.7 Å². The Morgan fingerprint density at radius 2 is 1.45 bits per heavy atom. The number of aryl methyl sites for hydroxylation is 3. The Bertz CT molecular complexity index is 1200. The van der Waals surface area contributed by atoms with Crippen LogP contribution in [-0.2, 0) is 17.6 Å². The van der Waals surface area contributed by atoms with E-state index in [1.54, 1.807) is 0 Å². The molecule has 0 fully saturated rings. The molecule has 31 heavy (non-hydrogen) atoms. The molecule has 1 aliphatic rings. The summed E-state index contributed by atoms with van der Waals surface area (Å²) in [5.41, 5.74) is 6.20. The standard InChI is InChI=1S/C25H23N5O/c1-17-11-13-21(14-12-17)24-26-28-30(27-24)18(2)25(31)29-22-9-5-3-7-19(22)15-16-20-8-4-6-10-23(20)29/h3-14,18H,15-16H2,1-2H3/t18-/m0/s1. The van der Waals surface area contributed by atoms with E-state index in [1.165, 1.54) is 4.80 Å². The van der Waals surface area contributed by atoms with Crippen LogP contribution in [0, 0.1) is 6.92 Å². The van der Waals surface area contributed by atoms with E-state index in [-0.39, 0.29) is 5.91 Å². The van der Waals surface area contributed by atoms with E-state index in [0.717, 1.165) is 46.5 Å². The number of rotatable bonds is 3. The maximum absolute atomic E-state index is 13.8. The molecule has 0 saturated heterocycles. The third-order valence-corrected chi connectivity index (χ3v) is 5.79. The van der Waals surface area contributed by atoms with Gasteiger partial charge in [-0.2, -0.15) is 4.80 Å². The Morgan fingerprint density at radius 1 is 0.871 bits per heavy atom. The van der Waals surface area contributed by atoms with Crippen LogP contribution in [0.2, 0.25) is 0 Å². The Labute approximate surface area is 181 Å². The predicted molar refractivity (Wildman–Crippen MR) is 120 cm³/mol. The van der Waals surface area contributed by atoms with Crippen LogP contribution >= 0.6 is 0 Å². The fraction of sp³-hybridized carbons (Fsp3) is 0.200. The van der Waals surface area contributed by atoms with Gasteiger partial charge in [-0.25, -0.2) is 0 Å². The highest BCUT2D eigenvalue weighted by molar-refractivity contribution is 6.04. The molecule has 2 heterocycles. The maximum atomic E-state index is 13.8. The number of tetrazole rings is 1. The number of aromatic nitrogens is 4. The number of carbonyl (C=O) groups excluding carboxylic acids is 1. The smallest absolute Gasteiger partial charge is 0.258 e. The molecule has 0 unspecified atom stereocenters. The zero-order chi connectivity index (χ0) is 21.4. The Hall–Kier alpha value is -3.80. The van der Waals surface area contributed by atoms with E-state index in [0.29, 0.717) is 5.82 Å². The summed E-state index contributed by atoms with van der Waals surface area (Å²) in [4.78, 5) is 17.0. The number of hydrogen-bond acceptors (Lipinski definition) is 4. The zero-order valence-electron chi connectivity index (χ0n) is 17.6. The quantitative estimate of drug-likeness (QED) is 0.493. The lowest BCUT2D eigenvalue weighted by Crippen LogP contribution is -2.34. The molecule has 0 radical (unpaired) electrons. The first kappa shape index (κ1) is 19.2. The molecule has 1 aliphatic heterocycles. The number of amides is 1.